The number of carbonyl (C=O) groups is 1. The van der Waals surface area contributed by atoms with E-state index < -0.39 is 0 Å². The minimum atomic E-state index is -0.0394. The Morgan fingerprint density at radius 3 is 2.73 bits per heavy atom. The average molecular weight is 352 g/mol. The third-order valence-electron chi connectivity index (χ3n) is 5.05. The smallest absolute Gasteiger partial charge is 0.251 e. The van der Waals surface area contributed by atoms with Gasteiger partial charge < -0.3 is 10.1 Å². The van der Waals surface area contributed by atoms with Gasteiger partial charge in [0.05, 0.1) is 6.61 Å². The van der Waals surface area contributed by atoms with Crippen molar-refractivity contribution in [3.05, 3.63) is 65.2 Å². The highest BCUT2D eigenvalue weighted by molar-refractivity contribution is 5.94. The third kappa shape index (κ3) is 4.44. The summed E-state index contributed by atoms with van der Waals surface area (Å²) in [4.78, 5) is 15.0. The molecule has 0 aromatic heterocycles. The van der Waals surface area contributed by atoms with Crippen molar-refractivity contribution in [2.45, 2.75) is 39.3 Å². The molecule has 1 N–H and O–H groups in total. The van der Waals surface area contributed by atoms with E-state index in [1.54, 1.807) is 6.07 Å². The number of ether oxygens (including phenoxy) is 1. The molecule has 2 aromatic carbocycles. The Kier molecular flexibility index (Phi) is 6.29. The summed E-state index contributed by atoms with van der Waals surface area (Å²) in [5.41, 5.74) is 3.51. The topological polar surface area (TPSA) is 41.6 Å². The molecule has 1 unspecified atom stereocenters. The predicted octanol–water partition coefficient (Wildman–Crippen LogP) is 3.65. The second-order valence-electron chi connectivity index (χ2n) is 6.72. The highest BCUT2D eigenvalue weighted by atomic mass is 16.5. The largest absolute Gasteiger partial charge is 0.494 e. The van der Waals surface area contributed by atoms with Crippen LogP contribution < -0.4 is 10.1 Å². The standard InChI is InChI=1S/C22H28N2O2/c1-3-20(24-13-12-17-8-5-6-9-19(17)16-24)15-23-22(25)18-10-7-11-21(14-18)26-4-2/h5-11,14,20H,3-4,12-13,15-16H2,1-2H3,(H,23,25). The van der Waals surface area contributed by atoms with E-state index in [1.807, 2.05) is 25.1 Å². The van der Waals surface area contributed by atoms with Crippen LogP contribution in [-0.2, 0) is 13.0 Å². The summed E-state index contributed by atoms with van der Waals surface area (Å²) in [6, 6.07) is 16.4. The molecule has 3 rings (SSSR count). The van der Waals surface area contributed by atoms with Crippen LogP contribution in [0, 0.1) is 0 Å². The molecule has 1 heterocycles. The van der Waals surface area contributed by atoms with Crippen LogP contribution in [0.5, 0.6) is 5.75 Å². The molecule has 0 fully saturated rings. The monoisotopic (exact) mass is 352 g/mol. The zero-order valence-electron chi connectivity index (χ0n) is 15.7. The van der Waals surface area contributed by atoms with Gasteiger partial charge in [0.1, 0.15) is 5.75 Å². The molecule has 1 amide bonds. The van der Waals surface area contributed by atoms with Crippen molar-refractivity contribution < 1.29 is 9.53 Å². The molecule has 0 spiro atoms. The maximum Gasteiger partial charge on any atom is 0.251 e. The van der Waals surface area contributed by atoms with Crippen LogP contribution in [0.25, 0.3) is 0 Å². The summed E-state index contributed by atoms with van der Waals surface area (Å²) in [5.74, 6) is 0.697. The van der Waals surface area contributed by atoms with Gasteiger partial charge in [0.25, 0.3) is 5.91 Å². The Hall–Kier alpha value is -2.33. The van der Waals surface area contributed by atoms with Crippen LogP contribution in [0.15, 0.2) is 48.5 Å². The normalized spacial score (nSPS) is 15.2. The molecule has 0 aliphatic carbocycles. The molecule has 4 nitrogen and oxygen atoms in total. The lowest BCUT2D eigenvalue weighted by atomic mass is 9.98. The lowest BCUT2D eigenvalue weighted by Gasteiger charge is -2.35. The van der Waals surface area contributed by atoms with E-state index >= 15 is 0 Å². The molecular weight excluding hydrogens is 324 g/mol. The molecule has 138 valence electrons. The summed E-state index contributed by atoms with van der Waals surface area (Å²) < 4.78 is 5.48. The number of nitrogens with one attached hydrogen (secondary N) is 1. The SMILES string of the molecule is CCOc1cccc(C(=O)NCC(CC)N2CCc3ccccc3C2)c1. The van der Waals surface area contributed by atoms with Gasteiger partial charge in [-0.05, 0) is 49.1 Å². The summed E-state index contributed by atoms with van der Waals surface area (Å²) >= 11 is 0. The van der Waals surface area contributed by atoms with E-state index in [4.69, 9.17) is 4.74 Å². The van der Waals surface area contributed by atoms with Gasteiger partial charge in [0.2, 0.25) is 0 Å². The summed E-state index contributed by atoms with van der Waals surface area (Å²) in [6.45, 7) is 7.40. The molecule has 1 atom stereocenters. The fourth-order valence-electron chi connectivity index (χ4n) is 3.57. The first kappa shape index (κ1) is 18.5. The maximum absolute atomic E-state index is 12.5. The molecule has 0 radical (unpaired) electrons. The van der Waals surface area contributed by atoms with Crippen LogP contribution in [0.3, 0.4) is 0 Å². The van der Waals surface area contributed by atoms with Crippen molar-refractivity contribution in [2.24, 2.45) is 0 Å². The second kappa shape index (κ2) is 8.86. The summed E-state index contributed by atoms with van der Waals surface area (Å²) in [6.07, 6.45) is 2.10. The second-order valence-corrected chi connectivity index (χ2v) is 6.72. The quantitative estimate of drug-likeness (QED) is 0.827. The molecule has 1 aliphatic rings. The van der Waals surface area contributed by atoms with Crippen molar-refractivity contribution in [1.29, 1.82) is 0 Å². The zero-order chi connectivity index (χ0) is 18.4. The molecular formula is C22H28N2O2. The van der Waals surface area contributed by atoms with Crippen LogP contribution in [0.1, 0.15) is 41.8 Å². The number of benzene rings is 2. The number of hydrogen-bond acceptors (Lipinski definition) is 3. The number of amides is 1. The molecule has 26 heavy (non-hydrogen) atoms. The van der Waals surface area contributed by atoms with E-state index in [0.717, 1.165) is 31.7 Å². The van der Waals surface area contributed by atoms with E-state index in [0.29, 0.717) is 24.8 Å². The maximum atomic E-state index is 12.5. The molecule has 1 aliphatic heterocycles. The van der Waals surface area contributed by atoms with E-state index in [-0.39, 0.29) is 5.91 Å². The van der Waals surface area contributed by atoms with Crippen molar-refractivity contribution in [1.82, 2.24) is 10.2 Å². The predicted molar refractivity (Wildman–Crippen MR) is 105 cm³/mol. The minimum Gasteiger partial charge on any atom is -0.494 e. The van der Waals surface area contributed by atoms with Gasteiger partial charge in [0.15, 0.2) is 0 Å². The van der Waals surface area contributed by atoms with E-state index in [9.17, 15) is 4.79 Å². The highest BCUT2D eigenvalue weighted by Crippen LogP contribution is 2.21. The Morgan fingerprint density at radius 1 is 1.15 bits per heavy atom. The molecule has 0 saturated carbocycles. The number of hydrogen-bond donors (Lipinski definition) is 1. The fourth-order valence-corrected chi connectivity index (χ4v) is 3.57. The van der Waals surface area contributed by atoms with Crippen LogP contribution >= 0.6 is 0 Å². The summed E-state index contributed by atoms with van der Waals surface area (Å²) in [5, 5.41) is 3.10. The van der Waals surface area contributed by atoms with Gasteiger partial charge in [0, 0.05) is 31.2 Å². The Bertz CT molecular complexity index is 744. The first-order chi connectivity index (χ1) is 12.7. The average Bonchev–Trinajstić information content (AvgIpc) is 2.68. The van der Waals surface area contributed by atoms with Crippen LogP contribution in [-0.4, -0.2) is 36.5 Å². The summed E-state index contributed by atoms with van der Waals surface area (Å²) in [7, 11) is 0. The Morgan fingerprint density at radius 2 is 1.96 bits per heavy atom. The Labute approximate surface area is 156 Å². The number of fused-ring (bicyclic) bond motifs is 1. The molecule has 2 aromatic rings. The van der Waals surface area contributed by atoms with Crippen molar-refractivity contribution >= 4 is 5.91 Å². The molecule has 0 bridgehead atoms. The molecule has 4 heteroatoms. The lowest BCUT2D eigenvalue weighted by molar-refractivity contribution is 0.0926. The van der Waals surface area contributed by atoms with E-state index in [1.165, 1.54) is 11.1 Å². The minimum absolute atomic E-state index is 0.0394. The number of nitrogens with zero attached hydrogens (tertiary/aromatic N) is 1. The first-order valence-electron chi connectivity index (χ1n) is 9.53. The zero-order valence-corrected chi connectivity index (χ0v) is 15.7. The van der Waals surface area contributed by atoms with Crippen LogP contribution in [0.2, 0.25) is 0 Å². The number of carbonyl (C=O) groups excluding carboxylic acids is 1. The van der Waals surface area contributed by atoms with Crippen LogP contribution in [0.4, 0.5) is 0 Å². The van der Waals surface area contributed by atoms with Gasteiger partial charge >= 0.3 is 0 Å². The van der Waals surface area contributed by atoms with E-state index in [2.05, 4.69) is 41.4 Å². The third-order valence-corrected chi connectivity index (χ3v) is 5.05. The van der Waals surface area contributed by atoms with Crippen molar-refractivity contribution in [3.63, 3.8) is 0 Å². The lowest BCUT2D eigenvalue weighted by Crippen LogP contribution is -2.45. The van der Waals surface area contributed by atoms with Gasteiger partial charge in [-0.1, -0.05) is 37.3 Å². The van der Waals surface area contributed by atoms with Gasteiger partial charge in [-0.3, -0.25) is 9.69 Å². The van der Waals surface area contributed by atoms with Crippen molar-refractivity contribution in [2.75, 3.05) is 19.7 Å². The first-order valence-corrected chi connectivity index (χ1v) is 9.53. The Balaban J connectivity index is 1.59. The van der Waals surface area contributed by atoms with Gasteiger partial charge in [-0.2, -0.15) is 0 Å². The van der Waals surface area contributed by atoms with Gasteiger partial charge in [-0.25, -0.2) is 0 Å². The molecule has 0 saturated heterocycles. The number of rotatable bonds is 7. The fraction of sp³-hybridized carbons (Fsp3) is 0.409. The van der Waals surface area contributed by atoms with Crippen molar-refractivity contribution in [3.8, 4) is 5.75 Å². The highest BCUT2D eigenvalue weighted by Gasteiger charge is 2.22. The van der Waals surface area contributed by atoms with Gasteiger partial charge in [-0.15, -0.1) is 0 Å².